The molecule has 0 aliphatic carbocycles. The molecule has 0 atom stereocenters. The van der Waals surface area contributed by atoms with Crippen molar-refractivity contribution in [3.05, 3.63) is 95.8 Å². The molecule has 190 valence electrons. The number of hydrogen-bond acceptors (Lipinski definition) is 7. The van der Waals surface area contributed by atoms with E-state index in [9.17, 15) is 10.2 Å². The summed E-state index contributed by atoms with van der Waals surface area (Å²) in [5.41, 5.74) is 4.76. The third-order valence-corrected chi connectivity index (χ3v) is 7.33. The monoisotopic (exact) mass is 730 g/mol. The number of aromatic nitrogens is 3. The van der Waals surface area contributed by atoms with Crippen LogP contribution < -0.4 is 0 Å². The first-order valence-electron chi connectivity index (χ1n) is 11.4. The summed E-state index contributed by atoms with van der Waals surface area (Å²) in [6.07, 6.45) is 0. The van der Waals surface area contributed by atoms with Gasteiger partial charge in [-0.2, -0.15) is 5.10 Å². The molecule has 3 aromatic carbocycles. The topological polar surface area (TPSA) is 83.5 Å². The smallest absolute Gasteiger partial charge is 0.258 e. The maximum atomic E-state index is 9.76. The van der Waals surface area contributed by atoms with Crippen LogP contribution in [0.2, 0.25) is 0 Å². The van der Waals surface area contributed by atoms with Crippen molar-refractivity contribution >= 4 is 46.3 Å². The maximum absolute atomic E-state index is 9.76. The molecule has 5 aromatic rings. The van der Waals surface area contributed by atoms with Crippen LogP contribution in [0.5, 0.6) is 11.5 Å². The summed E-state index contributed by atoms with van der Waals surface area (Å²) >= 11 is 3.29. The third-order valence-electron chi connectivity index (χ3n) is 5.25. The summed E-state index contributed by atoms with van der Waals surface area (Å²) in [6.45, 7) is 4.80. The molecule has 1 aliphatic heterocycles. The van der Waals surface area contributed by atoms with E-state index >= 15 is 0 Å². The van der Waals surface area contributed by atoms with E-state index in [2.05, 4.69) is 23.1 Å². The number of aliphatic imine (C=N–C) groups is 1. The minimum atomic E-state index is 0. The van der Waals surface area contributed by atoms with Crippen LogP contribution in [0.4, 0.5) is 0 Å². The van der Waals surface area contributed by atoms with Gasteiger partial charge < -0.3 is 14.8 Å². The summed E-state index contributed by atoms with van der Waals surface area (Å²) in [5, 5.41) is 25.1. The second-order valence-electron chi connectivity index (χ2n) is 7.98. The normalized spacial score (nSPS) is 11.7. The van der Waals surface area contributed by atoms with Gasteiger partial charge in [-0.15, -0.1) is 23.1 Å². The van der Waals surface area contributed by atoms with Crippen LogP contribution >= 0.6 is 23.1 Å². The van der Waals surface area contributed by atoms with Gasteiger partial charge in [0.25, 0.3) is 7.98 Å². The Morgan fingerprint density at radius 1 is 0.868 bits per heavy atom. The molecule has 0 saturated carbocycles. The Bertz CT molecular complexity index is 1460. The first-order chi connectivity index (χ1) is 17.4. The van der Waals surface area contributed by atoms with Gasteiger partial charge in [0.05, 0.1) is 21.5 Å². The van der Waals surface area contributed by atoms with Gasteiger partial charge in [-0.05, 0) is 56.3 Å². The van der Waals surface area contributed by atoms with E-state index in [0.717, 1.165) is 55.1 Å². The largest absolute Gasteiger partial charge is 0.507 e. The Hall–Kier alpha value is -1.35. The van der Waals surface area contributed by atoms with Crippen molar-refractivity contribution in [3.8, 4) is 22.1 Å². The summed E-state index contributed by atoms with van der Waals surface area (Å²) in [7, 11) is 3.65. The van der Waals surface area contributed by atoms with E-state index in [0.29, 0.717) is 5.75 Å². The number of para-hydroxylation sites is 3. The first kappa shape index (κ1) is 32.9. The molecule has 38 heavy (non-hydrogen) atoms. The van der Waals surface area contributed by atoms with Gasteiger partial charge in [-0.1, -0.05) is 36.4 Å². The Labute approximate surface area is 285 Å². The zero-order valence-corrected chi connectivity index (χ0v) is 28.2. The van der Waals surface area contributed by atoms with Crippen LogP contribution in [-0.4, -0.2) is 50.2 Å². The molecule has 11 heteroatoms. The number of thiazole rings is 1. The van der Waals surface area contributed by atoms with Crippen LogP contribution in [0.15, 0.2) is 83.9 Å². The van der Waals surface area contributed by atoms with Crippen molar-refractivity contribution in [2.45, 2.75) is 13.8 Å². The second kappa shape index (κ2) is 16.0. The molecule has 2 aromatic heterocycles. The summed E-state index contributed by atoms with van der Waals surface area (Å²) in [5.74, 6) is 1.64. The van der Waals surface area contributed by atoms with Gasteiger partial charge in [0, 0.05) is 92.4 Å². The number of fused-ring (bicyclic) bond motifs is 1. The molecule has 2 N–H and O–H groups in total. The minimum absolute atomic E-state index is 0. The summed E-state index contributed by atoms with van der Waals surface area (Å²) < 4.78 is 2.76. The summed E-state index contributed by atoms with van der Waals surface area (Å²) in [4.78, 5) is 8.79. The van der Waals surface area contributed by atoms with Gasteiger partial charge in [0.15, 0.2) is 0 Å². The van der Waals surface area contributed by atoms with Crippen molar-refractivity contribution in [1.29, 1.82) is 0 Å². The van der Waals surface area contributed by atoms with Crippen molar-refractivity contribution in [2.75, 3.05) is 12.3 Å². The van der Waals surface area contributed by atoms with E-state index in [1.165, 1.54) is 0 Å². The van der Waals surface area contributed by atoms with Crippen LogP contribution in [0.25, 0.3) is 20.8 Å². The van der Waals surface area contributed by atoms with E-state index in [1.54, 1.807) is 39.8 Å². The van der Waals surface area contributed by atoms with Crippen LogP contribution in [0, 0.1) is 63.2 Å². The Kier molecular flexibility index (Phi) is 13.9. The zero-order valence-electron chi connectivity index (χ0n) is 21.2. The van der Waals surface area contributed by atoms with Gasteiger partial charge in [-0.3, -0.25) is 4.99 Å². The maximum Gasteiger partial charge on any atom is 0.258 e. The van der Waals surface area contributed by atoms with Gasteiger partial charge in [0.2, 0.25) is 0 Å². The van der Waals surface area contributed by atoms with E-state index in [4.69, 9.17) is 0 Å². The SMILES string of the molecule is Oc1ccccc1-c1nc2ccccc2s1.Oc1ccccc1C1=NCCS1.[BH]n1nc(C)cc1C.[Eu].[Zn]. The number of aryl methyl sites for hydroxylation is 2. The van der Waals surface area contributed by atoms with Gasteiger partial charge in [0.1, 0.15) is 21.6 Å². The molecular weight excluding hydrogens is 705 g/mol. The number of phenols is 2. The number of rotatable bonds is 2. The molecule has 0 saturated heterocycles. The second-order valence-corrected chi connectivity index (χ2v) is 10.1. The molecule has 0 unspecified atom stereocenters. The zero-order chi connectivity index (χ0) is 25.5. The van der Waals surface area contributed by atoms with Crippen molar-refractivity contribution in [2.24, 2.45) is 4.99 Å². The van der Waals surface area contributed by atoms with E-state index in [-0.39, 0.29) is 74.6 Å². The molecule has 6 rings (SSSR count). The van der Waals surface area contributed by atoms with E-state index in [1.807, 2.05) is 80.6 Å². The van der Waals surface area contributed by atoms with Crippen molar-refractivity contribution in [3.63, 3.8) is 0 Å². The van der Waals surface area contributed by atoms with Gasteiger partial charge >= 0.3 is 0 Å². The number of aromatic hydroxyl groups is 2. The Balaban J connectivity index is 0.000000206. The average molecular weight is 731 g/mol. The fraction of sp³-hybridized carbons (Fsp3) is 0.148. The molecular formula is C27H26BEuN4O2S2Zn. The number of thioether (sulfide) groups is 1. The van der Waals surface area contributed by atoms with Crippen LogP contribution in [-0.2, 0) is 19.5 Å². The number of phenolic OH excluding ortho intramolecular Hbond substituents is 2. The van der Waals surface area contributed by atoms with Crippen LogP contribution in [0.1, 0.15) is 17.0 Å². The molecule has 3 heterocycles. The van der Waals surface area contributed by atoms with Crippen molar-refractivity contribution < 1.29 is 79.1 Å². The summed E-state index contributed by atoms with van der Waals surface area (Å²) in [6, 6.07) is 24.6. The number of hydrogen-bond donors (Lipinski definition) is 2. The van der Waals surface area contributed by atoms with Gasteiger partial charge in [-0.25, -0.2) is 4.98 Å². The molecule has 0 fully saturated rings. The Morgan fingerprint density at radius 3 is 1.97 bits per heavy atom. The van der Waals surface area contributed by atoms with Crippen LogP contribution in [0.3, 0.4) is 0 Å². The third kappa shape index (κ3) is 8.83. The molecule has 0 spiro atoms. The number of nitrogens with zero attached hydrogens (tertiary/aromatic N) is 4. The fourth-order valence-corrected chi connectivity index (χ4v) is 5.36. The molecule has 1 aliphatic rings. The quantitative estimate of drug-likeness (QED) is 0.228. The Morgan fingerprint density at radius 2 is 1.47 bits per heavy atom. The molecule has 0 bridgehead atoms. The number of benzene rings is 3. The fourth-order valence-electron chi connectivity index (χ4n) is 3.47. The first-order valence-corrected chi connectivity index (χ1v) is 13.2. The molecule has 2 radical (unpaired) electrons. The molecule has 0 amide bonds. The predicted octanol–water partition coefficient (Wildman–Crippen LogP) is 5.72. The van der Waals surface area contributed by atoms with Crippen molar-refractivity contribution in [1.82, 2.24) is 14.7 Å². The molecule has 6 nitrogen and oxygen atoms in total. The predicted molar refractivity (Wildman–Crippen MR) is 153 cm³/mol. The standard InChI is InChI=1S/C13H9NOS.C9H9NOS.C5H8BN2.Eu.Zn/c15-11-7-3-1-5-9(11)13-14-10-6-2-4-8-12(10)16-13;11-8-4-2-1-3-7(8)9-10-5-6-12-9;1-4-3-5(2)8(6)7-4;;/h1-8,15H;1-4,11H,5-6H2;3,6H,1-2H3;;. The van der Waals surface area contributed by atoms with E-state index < -0.39 is 0 Å². The minimum Gasteiger partial charge on any atom is -0.507 e. The average Bonchev–Trinajstić information content (AvgIpc) is 3.61.